The summed E-state index contributed by atoms with van der Waals surface area (Å²) in [5.41, 5.74) is 0.296. The number of ether oxygens (including phenoxy) is 1. The summed E-state index contributed by atoms with van der Waals surface area (Å²) in [6, 6.07) is 15.4. The summed E-state index contributed by atoms with van der Waals surface area (Å²) >= 11 is 0. The predicted molar refractivity (Wildman–Crippen MR) is 113 cm³/mol. The van der Waals surface area contributed by atoms with Crippen molar-refractivity contribution in [1.29, 1.82) is 0 Å². The van der Waals surface area contributed by atoms with Gasteiger partial charge in [-0.15, -0.1) is 0 Å². The summed E-state index contributed by atoms with van der Waals surface area (Å²) in [7, 11) is -2.36. The Morgan fingerprint density at radius 2 is 1.48 bits per heavy atom. The topological polar surface area (TPSA) is 133 Å². The average Bonchev–Trinajstić information content (AvgIpc) is 2.74. The molecule has 0 saturated carbocycles. The van der Waals surface area contributed by atoms with Gasteiger partial charge in [-0.1, -0.05) is 17.7 Å². The minimum Gasteiger partial charge on any atom is -0.450 e. The van der Waals surface area contributed by atoms with Gasteiger partial charge in [-0.3, -0.25) is 24.5 Å². The highest BCUT2D eigenvalue weighted by atomic mass is 32.2. The van der Waals surface area contributed by atoms with Crippen LogP contribution in [0.15, 0.2) is 71.6 Å². The Labute approximate surface area is 177 Å². The quantitative estimate of drug-likeness (QED) is 0.389. The van der Waals surface area contributed by atoms with E-state index in [4.69, 9.17) is 4.74 Å². The van der Waals surface area contributed by atoms with Gasteiger partial charge in [0.1, 0.15) is 5.75 Å². The maximum absolute atomic E-state index is 12.8. The number of non-ortho nitro benzene ring substituents is 1. The molecule has 0 aliphatic carbocycles. The molecule has 0 fully saturated rings. The maximum Gasteiger partial charge on any atom is 0.318 e. The molecular formula is C20H17N3O7S. The standard InChI is InChI=1S/C20H17N3O7S/c1-14-3-10-18(11-4-14)31(28,29)21(2)15-5-8-17(9-6-15)30-20-12-7-16(22(24)25)13-19(20)23(26)27/h3-13H,1-2H3. The van der Waals surface area contributed by atoms with Crippen molar-refractivity contribution in [1.82, 2.24) is 0 Å². The highest BCUT2D eigenvalue weighted by Gasteiger charge is 2.23. The van der Waals surface area contributed by atoms with Crippen molar-refractivity contribution >= 4 is 27.1 Å². The molecule has 0 unspecified atom stereocenters. The molecule has 31 heavy (non-hydrogen) atoms. The zero-order valence-electron chi connectivity index (χ0n) is 16.5. The van der Waals surface area contributed by atoms with Crippen LogP contribution in [0.25, 0.3) is 0 Å². The monoisotopic (exact) mass is 443 g/mol. The van der Waals surface area contributed by atoms with Gasteiger partial charge < -0.3 is 4.74 Å². The number of rotatable bonds is 7. The van der Waals surface area contributed by atoms with Crippen molar-refractivity contribution in [2.45, 2.75) is 11.8 Å². The van der Waals surface area contributed by atoms with Crippen LogP contribution < -0.4 is 9.04 Å². The van der Waals surface area contributed by atoms with Crippen LogP contribution in [0.1, 0.15) is 5.56 Å². The lowest BCUT2D eigenvalue weighted by molar-refractivity contribution is -0.394. The van der Waals surface area contributed by atoms with Crippen LogP contribution in [0, 0.1) is 27.2 Å². The van der Waals surface area contributed by atoms with E-state index in [2.05, 4.69) is 0 Å². The van der Waals surface area contributed by atoms with Crippen LogP contribution in [-0.2, 0) is 10.0 Å². The summed E-state index contributed by atoms with van der Waals surface area (Å²) in [6.07, 6.45) is 0. The van der Waals surface area contributed by atoms with Crippen molar-refractivity contribution in [3.63, 3.8) is 0 Å². The second-order valence-electron chi connectivity index (χ2n) is 6.55. The third-order valence-corrected chi connectivity index (χ3v) is 6.26. The molecule has 0 heterocycles. The Kier molecular flexibility index (Phi) is 5.88. The Balaban J connectivity index is 1.84. The van der Waals surface area contributed by atoms with Crippen LogP contribution >= 0.6 is 0 Å². The molecule has 0 saturated heterocycles. The molecule has 3 rings (SSSR count). The Hall–Kier alpha value is -3.99. The first kappa shape index (κ1) is 21.7. The number of nitro benzene ring substituents is 2. The van der Waals surface area contributed by atoms with Crippen LogP contribution in [0.4, 0.5) is 17.1 Å². The van der Waals surface area contributed by atoms with Crippen LogP contribution in [-0.4, -0.2) is 25.3 Å². The molecule has 3 aromatic carbocycles. The van der Waals surface area contributed by atoms with Crippen molar-refractivity contribution in [2.75, 3.05) is 11.4 Å². The fourth-order valence-corrected chi connectivity index (χ4v) is 3.90. The lowest BCUT2D eigenvalue weighted by Crippen LogP contribution is -2.26. The lowest BCUT2D eigenvalue weighted by Gasteiger charge is -2.20. The van der Waals surface area contributed by atoms with E-state index < -0.39 is 31.2 Å². The summed E-state index contributed by atoms with van der Waals surface area (Å²) in [5, 5.41) is 22.1. The molecular weight excluding hydrogens is 426 g/mol. The van der Waals surface area contributed by atoms with E-state index in [0.717, 1.165) is 28.1 Å². The average molecular weight is 443 g/mol. The van der Waals surface area contributed by atoms with Crippen molar-refractivity contribution < 1.29 is 23.0 Å². The number of anilines is 1. The summed E-state index contributed by atoms with van der Waals surface area (Å²) in [6.45, 7) is 1.86. The normalized spacial score (nSPS) is 11.0. The molecule has 0 bridgehead atoms. The third-order valence-electron chi connectivity index (χ3n) is 4.46. The van der Waals surface area contributed by atoms with Gasteiger partial charge in [-0.2, -0.15) is 0 Å². The number of nitrogens with zero attached hydrogens (tertiary/aromatic N) is 3. The van der Waals surface area contributed by atoms with Crippen molar-refractivity contribution in [2.24, 2.45) is 0 Å². The fourth-order valence-electron chi connectivity index (χ4n) is 2.71. The molecule has 0 aliphatic heterocycles. The van der Waals surface area contributed by atoms with Crippen LogP contribution in [0.3, 0.4) is 0 Å². The molecule has 0 spiro atoms. The molecule has 160 valence electrons. The predicted octanol–water partition coefficient (Wildman–Crippen LogP) is 4.43. The highest BCUT2D eigenvalue weighted by molar-refractivity contribution is 7.92. The number of nitro groups is 2. The third kappa shape index (κ3) is 4.61. The Morgan fingerprint density at radius 1 is 0.871 bits per heavy atom. The van der Waals surface area contributed by atoms with E-state index in [1.165, 1.54) is 43.4 Å². The number of aryl methyl sites for hydroxylation is 1. The largest absolute Gasteiger partial charge is 0.450 e. The van der Waals surface area contributed by atoms with Gasteiger partial charge in [0, 0.05) is 13.1 Å². The Bertz CT molecular complexity index is 1240. The van der Waals surface area contributed by atoms with Gasteiger partial charge in [0.25, 0.3) is 15.7 Å². The van der Waals surface area contributed by atoms with E-state index in [1.807, 2.05) is 6.92 Å². The van der Waals surface area contributed by atoms with Crippen LogP contribution in [0.5, 0.6) is 11.5 Å². The van der Waals surface area contributed by atoms with Gasteiger partial charge in [-0.05, 0) is 49.4 Å². The smallest absolute Gasteiger partial charge is 0.318 e. The molecule has 0 amide bonds. The summed E-state index contributed by atoms with van der Waals surface area (Å²) < 4.78 is 32.2. The van der Waals surface area contributed by atoms with Gasteiger partial charge in [0.2, 0.25) is 5.75 Å². The molecule has 0 atom stereocenters. The second kappa shape index (κ2) is 8.40. The molecule has 0 aromatic heterocycles. The van der Waals surface area contributed by atoms with Gasteiger partial charge in [0.15, 0.2) is 0 Å². The first-order valence-corrected chi connectivity index (χ1v) is 10.3. The van der Waals surface area contributed by atoms with E-state index >= 15 is 0 Å². The summed E-state index contributed by atoms with van der Waals surface area (Å²) in [4.78, 5) is 20.7. The first-order chi connectivity index (χ1) is 14.6. The molecule has 0 radical (unpaired) electrons. The molecule has 10 nitrogen and oxygen atoms in total. The molecule has 11 heteroatoms. The zero-order valence-corrected chi connectivity index (χ0v) is 17.3. The molecule has 0 aliphatic rings. The zero-order chi connectivity index (χ0) is 22.8. The van der Waals surface area contributed by atoms with E-state index in [0.29, 0.717) is 5.69 Å². The Morgan fingerprint density at radius 3 is 2.03 bits per heavy atom. The van der Waals surface area contributed by atoms with Crippen molar-refractivity contribution in [3.05, 3.63) is 92.5 Å². The minimum atomic E-state index is -3.77. The maximum atomic E-state index is 12.8. The molecule has 0 N–H and O–H groups in total. The van der Waals surface area contributed by atoms with Gasteiger partial charge >= 0.3 is 5.69 Å². The number of hydrogen-bond donors (Lipinski definition) is 0. The number of sulfonamides is 1. The van der Waals surface area contributed by atoms with Gasteiger partial charge in [0.05, 0.1) is 26.5 Å². The highest BCUT2D eigenvalue weighted by Crippen LogP contribution is 2.35. The number of benzene rings is 3. The molecule has 3 aromatic rings. The van der Waals surface area contributed by atoms with E-state index in [9.17, 15) is 28.6 Å². The fraction of sp³-hybridized carbons (Fsp3) is 0.100. The van der Waals surface area contributed by atoms with E-state index in [1.54, 1.807) is 12.1 Å². The van der Waals surface area contributed by atoms with E-state index in [-0.39, 0.29) is 16.4 Å². The van der Waals surface area contributed by atoms with Crippen molar-refractivity contribution in [3.8, 4) is 11.5 Å². The van der Waals surface area contributed by atoms with Crippen LogP contribution in [0.2, 0.25) is 0 Å². The SMILES string of the molecule is Cc1ccc(S(=O)(=O)N(C)c2ccc(Oc3ccc([N+](=O)[O-])cc3[N+](=O)[O-])cc2)cc1. The minimum absolute atomic E-state index is 0.141. The first-order valence-electron chi connectivity index (χ1n) is 8.86. The van der Waals surface area contributed by atoms with Gasteiger partial charge in [-0.25, -0.2) is 8.42 Å². The second-order valence-corrected chi connectivity index (χ2v) is 8.52. The number of hydrogen-bond acceptors (Lipinski definition) is 7. The lowest BCUT2D eigenvalue weighted by atomic mass is 10.2. The summed E-state index contributed by atoms with van der Waals surface area (Å²) in [5.74, 6) is 0.0193.